The molecule has 0 aromatic heterocycles. The van der Waals surface area contributed by atoms with E-state index in [1.165, 1.54) is 48.8 Å². The first-order valence-electron chi connectivity index (χ1n) is 33.4. The zero-order chi connectivity index (χ0) is 58.3. The van der Waals surface area contributed by atoms with Gasteiger partial charge in [-0.05, 0) is 210 Å². The minimum atomic E-state index is -1.45. The molecule has 452 valence electrons. The maximum Gasteiger partial charge on any atom is 0.160 e. The van der Waals surface area contributed by atoms with Crippen molar-refractivity contribution in [1.29, 1.82) is 0 Å². The highest BCUT2D eigenvalue weighted by atomic mass is 16.6. The first kappa shape index (κ1) is 56.6. The number of aldehydes is 1. The molecule has 2 saturated heterocycles. The average molecular weight is 1150 g/mol. The molecule has 16 rings (SSSR count). The predicted octanol–water partition coefficient (Wildman–Crippen LogP) is 9.87. The number of hydrogen-bond donors (Lipinski definition) is 7. The van der Waals surface area contributed by atoms with Crippen molar-refractivity contribution >= 4 is 12.1 Å². The lowest BCUT2D eigenvalue weighted by Gasteiger charge is -2.73. The van der Waals surface area contributed by atoms with Gasteiger partial charge in [0.25, 0.3) is 0 Å². The van der Waals surface area contributed by atoms with E-state index in [0.717, 1.165) is 62.4 Å². The molecule has 0 radical (unpaired) electrons. The fraction of sp³-hybridized carbons (Fsp3) is 0.726. The van der Waals surface area contributed by atoms with Crippen LogP contribution in [0.3, 0.4) is 0 Å². The Kier molecular flexibility index (Phi) is 12.9. The smallest absolute Gasteiger partial charge is 0.160 e. The number of ether oxygens (including phenoxy) is 2. The molecule has 3 aliphatic heterocycles. The second-order valence-corrected chi connectivity index (χ2v) is 32.1. The van der Waals surface area contributed by atoms with E-state index in [1.54, 1.807) is 0 Å². The molecule has 7 saturated carbocycles. The Labute approximate surface area is 499 Å². The van der Waals surface area contributed by atoms with E-state index >= 15 is 4.79 Å². The van der Waals surface area contributed by atoms with Crippen molar-refractivity contribution in [1.82, 2.24) is 5.32 Å². The van der Waals surface area contributed by atoms with Gasteiger partial charge in [-0.2, -0.15) is 0 Å². The molecule has 11 heteroatoms. The molecular formula is C73H96N2O9. The predicted molar refractivity (Wildman–Crippen MR) is 321 cm³/mol. The number of aliphatic hydroxyl groups excluding tert-OH is 3. The third-order valence-electron chi connectivity index (χ3n) is 28.6. The summed E-state index contributed by atoms with van der Waals surface area (Å²) < 4.78 is 14.5. The summed E-state index contributed by atoms with van der Waals surface area (Å²) in [5, 5.41) is 67.9. The van der Waals surface area contributed by atoms with Crippen molar-refractivity contribution < 1.29 is 44.6 Å². The number of benzene rings is 1. The van der Waals surface area contributed by atoms with Gasteiger partial charge >= 0.3 is 0 Å². The molecule has 0 unspecified atom stereocenters. The molecule has 4 bridgehead atoms. The number of aryl methyl sites for hydroxylation is 1. The fourth-order valence-corrected chi connectivity index (χ4v) is 24.6. The van der Waals surface area contributed by atoms with Crippen LogP contribution in [0.4, 0.5) is 0 Å². The van der Waals surface area contributed by atoms with E-state index in [0.29, 0.717) is 89.6 Å². The standard InChI is InChI=1S/C73H96N2O9/c1-45-21-31-83-71(34-45,62-61(84-62)65(4,81)63(2,43-77)24-16-46-20-30-75-58(74)32-46)56-19-27-73(82)53-33-54(79)60-52-18-26-69-37-51(67(44-78)25-17-47(35-67)40-76)38-70(60)59(53)50(36-64(56,73)3)15-14-49-11-6-5-10-48(49)12-9-13-57(72(69,70)39-55(52)80)68(42-69)29-28-66(41-68)22-7-8-23-66/h5-6,10-11,18,20,26,32-33,37,40,45,47,50,52,55-57,59-62,75,77-78,80-82H,7-8,12,14-17,19,21-25,27-31,34-36,38-39,41-44,74H2,1-4H3/t45-,47-,50+,52-,55+,56+,57+,59+,60+,61+,62+,63+,64-,65+,67-,68-,69-,70-,71-,72+,73-/m1/s1. The molecule has 1 aromatic carbocycles. The van der Waals surface area contributed by atoms with Gasteiger partial charge in [-0.3, -0.25) is 4.79 Å². The lowest BCUT2D eigenvalue weighted by molar-refractivity contribution is -0.238. The minimum absolute atomic E-state index is 0.0124. The lowest BCUT2D eigenvalue weighted by Crippen LogP contribution is -2.73. The quantitative estimate of drug-likeness (QED) is 0.0483. The summed E-state index contributed by atoms with van der Waals surface area (Å²) in [7, 11) is 0. The minimum Gasteiger partial charge on any atom is -0.396 e. The molecule has 15 aliphatic rings. The second kappa shape index (κ2) is 19.1. The fourth-order valence-electron chi connectivity index (χ4n) is 24.6. The summed E-state index contributed by atoms with van der Waals surface area (Å²) in [5.41, 5.74) is 3.77. The number of aliphatic hydroxyl groups is 5. The number of nitrogens with two attached hydrogens (primary N) is 1. The largest absolute Gasteiger partial charge is 0.396 e. The van der Waals surface area contributed by atoms with Crippen LogP contribution in [0.5, 0.6) is 0 Å². The molecule has 84 heavy (non-hydrogen) atoms. The topological polar surface area (TPSA) is 195 Å². The molecule has 12 aliphatic carbocycles. The first-order valence-corrected chi connectivity index (χ1v) is 33.4. The van der Waals surface area contributed by atoms with Gasteiger partial charge in [0.2, 0.25) is 0 Å². The zero-order valence-corrected chi connectivity index (χ0v) is 50.7. The van der Waals surface area contributed by atoms with Gasteiger partial charge in [0, 0.05) is 70.3 Å². The number of fused-ring (bicyclic) bond motifs is 5. The maximum absolute atomic E-state index is 16.7. The van der Waals surface area contributed by atoms with Crippen LogP contribution >= 0.6 is 0 Å². The van der Waals surface area contributed by atoms with Gasteiger partial charge in [-0.15, -0.1) is 0 Å². The number of carbonyl (C=O) groups excluding carboxylic acids is 2. The van der Waals surface area contributed by atoms with Gasteiger partial charge in [-0.1, -0.05) is 99.6 Å². The molecule has 0 amide bonds. The van der Waals surface area contributed by atoms with Crippen molar-refractivity contribution in [3.05, 3.63) is 94.4 Å². The van der Waals surface area contributed by atoms with Crippen LogP contribution in [-0.2, 0) is 31.9 Å². The number of epoxide rings is 1. The summed E-state index contributed by atoms with van der Waals surface area (Å²) in [6, 6.07) is 8.91. The van der Waals surface area contributed by atoms with Gasteiger partial charge in [0.05, 0.1) is 36.3 Å². The Hall–Kier alpha value is -3.86. The number of ketones is 1. The highest BCUT2D eigenvalue weighted by Crippen LogP contribution is 2.89. The normalized spacial score (nSPS) is 48.5. The highest BCUT2D eigenvalue weighted by molar-refractivity contribution is 5.96. The van der Waals surface area contributed by atoms with Crippen LogP contribution in [0, 0.1) is 103 Å². The molecular weight excluding hydrogens is 1050 g/mol. The molecule has 3 heterocycles. The molecule has 8 N–H and O–H groups in total. The number of rotatable bonds is 11. The third-order valence-corrected chi connectivity index (χ3v) is 28.6. The van der Waals surface area contributed by atoms with Gasteiger partial charge in [-0.25, -0.2) is 0 Å². The van der Waals surface area contributed by atoms with E-state index in [9.17, 15) is 30.3 Å². The number of carbonyl (C=O) groups is 2. The summed E-state index contributed by atoms with van der Waals surface area (Å²) >= 11 is 0. The first-order chi connectivity index (χ1) is 40.2. The Balaban J connectivity index is 0.914. The molecule has 9 fully saturated rings. The monoisotopic (exact) mass is 1140 g/mol. The van der Waals surface area contributed by atoms with Gasteiger partial charge in [0.1, 0.15) is 24.1 Å². The van der Waals surface area contributed by atoms with E-state index in [1.807, 2.05) is 26.0 Å². The van der Waals surface area contributed by atoms with E-state index < -0.39 is 79.4 Å². The number of allylic oxidation sites excluding steroid dienone is 5. The van der Waals surface area contributed by atoms with Crippen molar-refractivity contribution in [3.8, 4) is 11.8 Å². The summed E-state index contributed by atoms with van der Waals surface area (Å²) in [6.07, 6.45) is 31.8. The van der Waals surface area contributed by atoms with Crippen molar-refractivity contribution in [2.75, 3.05) is 26.4 Å². The summed E-state index contributed by atoms with van der Waals surface area (Å²) in [5.74, 6) is 7.40. The second-order valence-electron chi connectivity index (χ2n) is 32.1. The maximum atomic E-state index is 16.7. The Bertz CT molecular complexity index is 3140. The molecule has 4 spiro atoms. The molecule has 11 nitrogen and oxygen atoms in total. The van der Waals surface area contributed by atoms with Crippen molar-refractivity contribution in [2.24, 2.45) is 96.4 Å². The third kappa shape index (κ3) is 7.37. The van der Waals surface area contributed by atoms with Crippen LogP contribution in [0.2, 0.25) is 0 Å². The average Bonchev–Trinajstić information content (AvgIpc) is 1.35. The number of hydrogen-bond acceptors (Lipinski definition) is 11. The van der Waals surface area contributed by atoms with Crippen molar-refractivity contribution in [3.63, 3.8) is 0 Å². The summed E-state index contributed by atoms with van der Waals surface area (Å²) in [4.78, 5) is 29.6. The van der Waals surface area contributed by atoms with E-state index in [-0.39, 0.29) is 65.3 Å². The van der Waals surface area contributed by atoms with E-state index in [4.69, 9.17) is 15.2 Å². The van der Waals surface area contributed by atoms with Gasteiger partial charge in [0.15, 0.2) is 5.78 Å². The van der Waals surface area contributed by atoms with E-state index in [2.05, 4.69) is 79.6 Å². The molecule has 21 atom stereocenters. The van der Waals surface area contributed by atoms with Crippen LogP contribution in [0.25, 0.3) is 0 Å². The van der Waals surface area contributed by atoms with Crippen LogP contribution in [-0.4, -0.2) is 99.1 Å². The Morgan fingerprint density at radius 2 is 1.75 bits per heavy atom. The SMILES string of the molecule is C[C@@H]1CCO[C@]([C@H]2CC[C@@]3(O)C4=CC(=O)[C@@H]5[C@@H]6C=C[C@@]78C=C([C@]9(CO)CC[C@@H](C=O)C9)C[C@@]59[C@H]4[C@@H](CCc4ccccc4CC#C[C@@H]([C@@]4(CCC5(CCCC5)C4)C7)[C@@]89C[C@@H]6O)C[C@]23C)([C@H]2O[C@@H]2[C@](C)(O)[C@](C)(CO)CCC2=CCNC(N)=C2)C1. The zero-order valence-electron chi connectivity index (χ0n) is 50.7. The highest BCUT2D eigenvalue weighted by Gasteiger charge is 2.86. The Morgan fingerprint density at radius 3 is 2.50 bits per heavy atom. The Morgan fingerprint density at radius 1 is 0.940 bits per heavy atom. The van der Waals surface area contributed by atoms with Crippen LogP contribution in [0.1, 0.15) is 174 Å². The van der Waals surface area contributed by atoms with Gasteiger partial charge < -0.3 is 50.9 Å². The van der Waals surface area contributed by atoms with Crippen molar-refractivity contribution in [2.45, 2.75) is 210 Å². The molecule has 1 aromatic rings. The van der Waals surface area contributed by atoms with Crippen LogP contribution in [0.15, 0.2) is 83.3 Å². The van der Waals surface area contributed by atoms with Crippen LogP contribution < -0.4 is 11.1 Å². The summed E-state index contributed by atoms with van der Waals surface area (Å²) in [6.45, 7) is 9.32. The lowest BCUT2D eigenvalue weighted by atomic mass is 9.29. The number of nitrogens with one attached hydrogen (secondary N) is 1. The number of dihydropyridines is 1.